The molecule has 0 aromatic heterocycles. The first-order chi connectivity index (χ1) is 8.00. The van der Waals surface area contributed by atoms with Crippen molar-refractivity contribution in [2.75, 3.05) is 0 Å². The van der Waals surface area contributed by atoms with Gasteiger partial charge in [0.15, 0.2) is 0 Å². The zero-order chi connectivity index (χ0) is 18.0. The van der Waals surface area contributed by atoms with Gasteiger partial charge >= 0.3 is 71.7 Å². The second-order valence-corrected chi connectivity index (χ2v) is 10.7. The van der Waals surface area contributed by atoms with Crippen molar-refractivity contribution in [3.8, 4) is 0 Å². The molecule has 0 saturated carbocycles. The van der Waals surface area contributed by atoms with Gasteiger partial charge in [0.2, 0.25) is 0 Å². The van der Waals surface area contributed by atoms with Gasteiger partial charge in [-0.3, -0.25) is 0 Å². The van der Waals surface area contributed by atoms with E-state index in [4.69, 9.17) is 58.7 Å². The first-order valence-electron chi connectivity index (χ1n) is 2.92. The maximum atomic E-state index is 8.92. The molecule has 0 aliphatic rings. The summed E-state index contributed by atoms with van der Waals surface area (Å²) in [5.74, 6) is 0. The Hall–Kier alpha value is 4.52. The molecule has 0 aliphatic heterocycles. The van der Waals surface area contributed by atoms with Gasteiger partial charge in [0.1, 0.15) is 0 Å². The number of hydrogen-bond donors (Lipinski definition) is 0. The fourth-order valence-corrected chi connectivity index (χ4v) is 0. The monoisotopic (exact) mass is 803 g/mol. The van der Waals surface area contributed by atoms with Crippen LogP contribution in [0.4, 0.5) is 0 Å². The Balaban J connectivity index is -0.0000000284. The van der Waals surface area contributed by atoms with Crippen LogP contribution in [0.2, 0.25) is 0 Å². The third kappa shape index (κ3) is 781. The zero-order valence-electron chi connectivity index (χ0n) is 9.82. The van der Waals surface area contributed by atoms with Gasteiger partial charge in [-0.2, -0.15) is 47.2 Å². The van der Waals surface area contributed by atoms with Gasteiger partial charge in [0.05, 0.1) is 0 Å². The van der Waals surface area contributed by atoms with Crippen LogP contribution in [0.3, 0.4) is 0 Å². The van der Waals surface area contributed by atoms with Crippen molar-refractivity contribution in [1.29, 1.82) is 0 Å². The van der Waals surface area contributed by atoms with E-state index in [-0.39, 0.29) is 71.7 Å². The molecule has 12 nitrogen and oxygen atoms in total. The minimum absolute atomic E-state index is 0. The molecule has 23 heavy (non-hydrogen) atoms. The summed E-state index contributed by atoms with van der Waals surface area (Å²) in [5, 5.41) is 0. The third-order valence-corrected chi connectivity index (χ3v) is 0. The van der Waals surface area contributed by atoms with E-state index in [1.54, 1.807) is 0 Å². The topological polar surface area (TPSA) is 277 Å². The molecule has 0 heterocycles. The summed E-state index contributed by atoms with van der Waals surface area (Å²) in [4.78, 5) is 107. The smallest absolute Gasteiger partial charge is 0.844 e. The maximum absolute atomic E-state index is 8.92. The van der Waals surface area contributed by atoms with E-state index in [2.05, 4.69) is 47.2 Å². The van der Waals surface area contributed by atoms with Gasteiger partial charge in [-0.05, 0) is 0 Å². The molecule has 0 atom stereocenters. The van der Waals surface area contributed by atoms with Crippen LogP contribution >= 0.6 is 26.9 Å². The van der Waals surface area contributed by atoms with Crippen molar-refractivity contribution in [3.05, 3.63) is 0 Å². The summed E-state index contributed by atoms with van der Waals surface area (Å²) in [6, 6.07) is 0. The van der Waals surface area contributed by atoms with Gasteiger partial charge in [-0.25, -0.2) is 0 Å². The molecule has 0 aromatic carbocycles. The molecule has 0 amide bonds. The summed E-state index contributed by atoms with van der Waals surface area (Å²) in [6.45, 7) is -18.2. The Morgan fingerprint density at radius 3 is 0.304 bits per heavy atom. The van der Waals surface area contributed by atoms with E-state index in [0.29, 0.717) is 0 Å². The van der Waals surface area contributed by atoms with Crippen LogP contribution in [0.1, 0.15) is 0 Å². The number of rotatable bonds is 0. The van der Waals surface area contributed by atoms with Crippen LogP contribution < -0.4 is 58.7 Å². The summed E-state index contributed by atoms with van der Waals surface area (Å²) < 4.78 is 0. The van der Waals surface area contributed by atoms with Crippen molar-refractivity contribution in [2.45, 2.75) is 0 Å². The molecular formula is O12P4S4Sn3. The Kier molecular flexibility index (Phi) is 42.4. The van der Waals surface area contributed by atoms with Gasteiger partial charge in [0.25, 0.3) is 0 Å². The average molecular weight is 800 g/mol. The van der Waals surface area contributed by atoms with E-state index >= 15 is 0 Å². The fraction of sp³-hybridized carbons (Fsp3) is 0. The first-order valence-corrected chi connectivity index (χ1v) is 13.1. The van der Waals surface area contributed by atoms with Crippen LogP contribution in [0.5, 0.6) is 0 Å². The van der Waals surface area contributed by atoms with Crippen molar-refractivity contribution in [3.63, 3.8) is 0 Å². The molecule has 0 unspecified atom stereocenters. The van der Waals surface area contributed by atoms with Crippen molar-refractivity contribution < 1.29 is 58.7 Å². The van der Waals surface area contributed by atoms with Crippen molar-refractivity contribution >= 4 is 146 Å². The standard InChI is InChI=1S/4H3O3PS.3Sn/c4*1-4(2,3)5;;;/h4*(H3,1,2,3,5);;;/q;;;;3*+4/p-12. The molecule has 0 aromatic rings. The van der Waals surface area contributed by atoms with Gasteiger partial charge in [0, 0.05) is 0 Å². The molecule has 23 heteroatoms. The molecular weight excluding hydrogens is 800 g/mol. The Labute approximate surface area is 202 Å². The van der Waals surface area contributed by atoms with E-state index in [0.717, 1.165) is 0 Å². The second kappa shape index (κ2) is 21.2. The molecule has 0 spiro atoms. The van der Waals surface area contributed by atoms with Gasteiger partial charge in [-0.1, -0.05) is 0 Å². The molecule has 0 aliphatic carbocycles. The summed E-state index contributed by atoms with van der Waals surface area (Å²) in [6.07, 6.45) is 0. The van der Waals surface area contributed by atoms with Crippen LogP contribution in [-0.2, 0) is 47.2 Å². The normalized spacial score (nSPS) is 10.3. The largest absolute Gasteiger partial charge is 4.00 e. The predicted molar refractivity (Wildman–Crippen MR) is 74.4 cm³/mol. The van der Waals surface area contributed by atoms with Gasteiger partial charge < -0.3 is 85.6 Å². The summed E-state index contributed by atoms with van der Waals surface area (Å²) in [5.41, 5.74) is 0. The maximum Gasteiger partial charge on any atom is 4.00 e. The minimum atomic E-state index is -4.56. The number of hydrogen-bond acceptors (Lipinski definition) is 16. The Morgan fingerprint density at radius 1 is 0.304 bits per heavy atom. The van der Waals surface area contributed by atoms with Crippen molar-refractivity contribution in [1.82, 2.24) is 0 Å². The molecule has 0 N–H and O–H groups in total. The summed E-state index contributed by atoms with van der Waals surface area (Å²) in [7, 11) is 0. The Bertz CT molecular complexity index is 305. The SMILES string of the molecule is [O-]P([O-])([O-])=S.[O-]P([O-])([O-])=S.[O-]P([O-])([O-])=S.[O-]P([O-])([O-])=S.[Sn+4].[Sn+4].[Sn+4]. The van der Waals surface area contributed by atoms with Crippen molar-refractivity contribution in [2.24, 2.45) is 0 Å². The molecule has 128 valence electrons. The van der Waals surface area contributed by atoms with E-state index in [1.807, 2.05) is 0 Å². The quantitative estimate of drug-likeness (QED) is 0.162. The molecule has 0 fully saturated rings. The van der Waals surface area contributed by atoms with E-state index in [1.165, 1.54) is 0 Å². The predicted octanol–water partition coefficient (Wildman–Crippen LogP) is -12.0. The van der Waals surface area contributed by atoms with Crippen LogP contribution in [0.15, 0.2) is 0 Å². The molecule has 0 saturated heterocycles. The van der Waals surface area contributed by atoms with Gasteiger partial charge in [-0.15, -0.1) is 0 Å². The van der Waals surface area contributed by atoms with Crippen LogP contribution in [0, 0.1) is 0 Å². The van der Waals surface area contributed by atoms with E-state index < -0.39 is 26.9 Å². The second-order valence-electron chi connectivity index (χ2n) is 1.79. The molecule has 0 radical (unpaired) electrons. The average Bonchev–Trinajstić information content (AvgIpc) is 1.62. The molecule has 0 bridgehead atoms. The van der Waals surface area contributed by atoms with E-state index in [9.17, 15) is 0 Å². The van der Waals surface area contributed by atoms with Crippen LogP contribution in [0.25, 0.3) is 0 Å². The Morgan fingerprint density at radius 2 is 0.304 bits per heavy atom. The minimum Gasteiger partial charge on any atom is -0.844 e. The fourth-order valence-electron chi connectivity index (χ4n) is 0. The third-order valence-electron chi connectivity index (χ3n) is 0. The zero-order valence-corrected chi connectivity index (χ0v) is 25.2. The molecule has 0 rings (SSSR count). The van der Waals surface area contributed by atoms with Crippen LogP contribution in [-0.4, -0.2) is 71.7 Å². The summed E-state index contributed by atoms with van der Waals surface area (Å²) >= 11 is 13.1. The first kappa shape index (κ1) is 46.0.